The zero-order chi connectivity index (χ0) is 18.9. The maximum atomic E-state index is 4.86. The maximum absolute atomic E-state index is 4.86. The number of hydrazine groups is 1. The largest absolute Gasteiger partial charge is 0.297 e. The minimum atomic E-state index is 0.348. The van der Waals surface area contributed by atoms with Crippen molar-refractivity contribution < 1.29 is 0 Å². The number of hydrazone groups is 1. The molecular formula is C23H27BrN4. The molecule has 0 amide bonds. The first-order valence-corrected chi connectivity index (χ1v) is 11.2. The van der Waals surface area contributed by atoms with Crippen LogP contribution >= 0.6 is 15.9 Å². The van der Waals surface area contributed by atoms with Gasteiger partial charge in [0.1, 0.15) is 0 Å². The third kappa shape index (κ3) is 3.63. The van der Waals surface area contributed by atoms with E-state index >= 15 is 0 Å². The molecule has 3 aliphatic heterocycles. The highest BCUT2D eigenvalue weighted by atomic mass is 79.9. The molecule has 28 heavy (non-hydrogen) atoms. The van der Waals surface area contributed by atoms with Crippen molar-refractivity contribution in [1.82, 2.24) is 15.0 Å². The molecule has 0 N–H and O–H groups in total. The summed E-state index contributed by atoms with van der Waals surface area (Å²) in [4.78, 5) is 0. The molecule has 146 valence electrons. The van der Waals surface area contributed by atoms with Gasteiger partial charge >= 0.3 is 0 Å². The van der Waals surface area contributed by atoms with Gasteiger partial charge in [-0.15, -0.1) is 0 Å². The number of halogens is 1. The molecule has 0 aromatic heterocycles. The van der Waals surface area contributed by atoms with E-state index in [0.29, 0.717) is 12.1 Å². The summed E-state index contributed by atoms with van der Waals surface area (Å²) in [6.45, 7) is 4.23. The molecule has 0 bridgehead atoms. The molecule has 3 aliphatic rings. The lowest BCUT2D eigenvalue weighted by Crippen LogP contribution is -2.44. The average Bonchev–Trinajstić information content (AvgIpc) is 3.35. The van der Waals surface area contributed by atoms with Crippen LogP contribution in [0, 0.1) is 0 Å². The van der Waals surface area contributed by atoms with Crippen molar-refractivity contribution in [1.29, 1.82) is 0 Å². The molecule has 2 fully saturated rings. The Labute approximate surface area is 175 Å². The van der Waals surface area contributed by atoms with E-state index in [2.05, 4.69) is 85.7 Å². The van der Waals surface area contributed by atoms with Crippen molar-refractivity contribution in [3.63, 3.8) is 0 Å². The predicted molar refractivity (Wildman–Crippen MR) is 117 cm³/mol. The van der Waals surface area contributed by atoms with Crippen LogP contribution < -0.4 is 0 Å². The fraction of sp³-hybridized carbons (Fsp3) is 0.435. The number of nitrogens with zero attached hydrogens (tertiary/aromatic N) is 4. The first kappa shape index (κ1) is 18.3. The highest BCUT2D eigenvalue weighted by molar-refractivity contribution is 9.10. The van der Waals surface area contributed by atoms with Crippen LogP contribution in [0.25, 0.3) is 0 Å². The summed E-state index contributed by atoms with van der Waals surface area (Å²) in [5.74, 6) is 0. The number of hydrogen-bond donors (Lipinski definition) is 0. The maximum Gasteiger partial charge on any atom is 0.0638 e. The van der Waals surface area contributed by atoms with E-state index in [1.165, 1.54) is 34.0 Å². The Bertz CT molecular complexity index is 847. The topological polar surface area (TPSA) is 22.1 Å². The molecule has 0 aliphatic carbocycles. The van der Waals surface area contributed by atoms with E-state index in [0.717, 1.165) is 39.0 Å². The van der Waals surface area contributed by atoms with Crippen molar-refractivity contribution >= 4 is 22.1 Å². The first-order valence-electron chi connectivity index (χ1n) is 10.4. The Kier molecular flexibility index (Phi) is 5.22. The molecule has 2 aromatic rings. The second-order valence-electron chi connectivity index (χ2n) is 8.08. The van der Waals surface area contributed by atoms with Crippen molar-refractivity contribution in [2.45, 2.75) is 44.3 Å². The van der Waals surface area contributed by atoms with Gasteiger partial charge < -0.3 is 0 Å². The van der Waals surface area contributed by atoms with Crippen LogP contribution in [-0.2, 0) is 13.0 Å². The van der Waals surface area contributed by atoms with E-state index < -0.39 is 0 Å². The van der Waals surface area contributed by atoms with Gasteiger partial charge in [0.2, 0.25) is 0 Å². The molecule has 2 atom stereocenters. The summed E-state index contributed by atoms with van der Waals surface area (Å²) in [5.41, 5.74) is 4.35. The average molecular weight is 439 g/mol. The SMILES string of the molecule is Brc1ccc2c(c1)CCN1[C@@H]2C[C@H](/C=N/N2CCCC2)N1Cc1ccccc1. The Morgan fingerprint density at radius 2 is 1.86 bits per heavy atom. The first-order chi connectivity index (χ1) is 13.8. The minimum absolute atomic E-state index is 0.348. The standard InChI is InChI=1S/C23H27BrN4/c24-20-8-9-22-19(14-20)10-13-27-23(22)15-21(16-25-26-11-4-5-12-26)28(27)17-18-6-2-1-3-7-18/h1-3,6-9,14,16,21,23H,4-5,10-13,15,17H2/b25-16+/t21-,23-/m1/s1. The molecule has 0 unspecified atom stereocenters. The lowest BCUT2D eigenvalue weighted by atomic mass is 9.92. The Morgan fingerprint density at radius 3 is 2.68 bits per heavy atom. The summed E-state index contributed by atoms with van der Waals surface area (Å²) in [7, 11) is 0. The van der Waals surface area contributed by atoms with Gasteiger partial charge in [-0.3, -0.25) is 5.01 Å². The van der Waals surface area contributed by atoms with E-state index in [4.69, 9.17) is 5.10 Å². The number of benzene rings is 2. The molecule has 4 nitrogen and oxygen atoms in total. The van der Waals surface area contributed by atoms with Crippen LogP contribution in [0.5, 0.6) is 0 Å². The van der Waals surface area contributed by atoms with Crippen LogP contribution in [-0.4, -0.2) is 46.9 Å². The minimum Gasteiger partial charge on any atom is -0.297 e. The Morgan fingerprint density at radius 1 is 1.04 bits per heavy atom. The fourth-order valence-corrected chi connectivity index (χ4v) is 5.28. The van der Waals surface area contributed by atoms with E-state index in [1.54, 1.807) is 0 Å². The molecule has 5 heteroatoms. The van der Waals surface area contributed by atoms with Crippen LogP contribution in [0.15, 0.2) is 58.1 Å². The summed E-state index contributed by atoms with van der Waals surface area (Å²) in [6, 6.07) is 18.5. The zero-order valence-electron chi connectivity index (χ0n) is 16.2. The fourth-order valence-electron chi connectivity index (χ4n) is 4.87. The lowest BCUT2D eigenvalue weighted by molar-refractivity contribution is -0.0261. The molecule has 5 rings (SSSR count). The van der Waals surface area contributed by atoms with Gasteiger partial charge in [0.05, 0.1) is 12.1 Å². The summed E-state index contributed by atoms with van der Waals surface area (Å²) in [5, 5.41) is 12.3. The molecule has 0 saturated carbocycles. The summed E-state index contributed by atoms with van der Waals surface area (Å²) in [6.07, 6.45) is 6.97. The van der Waals surface area contributed by atoms with Crippen LogP contribution in [0.3, 0.4) is 0 Å². The van der Waals surface area contributed by atoms with Crippen molar-refractivity contribution in [2.75, 3.05) is 19.6 Å². The molecule has 0 radical (unpaired) electrons. The normalized spacial score (nSPS) is 25.4. The van der Waals surface area contributed by atoms with Gasteiger partial charge in [-0.05, 0) is 54.5 Å². The van der Waals surface area contributed by atoms with Gasteiger partial charge in [-0.2, -0.15) is 5.10 Å². The van der Waals surface area contributed by atoms with E-state index in [-0.39, 0.29) is 0 Å². The number of rotatable bonds is 4. The smallest absolute Gasteiger partial charge is 0.0638 e. The molecule has 2 aromatic carbocycles. The quantitative estimate of drug-likeness (QED) is 0.650. The molecular weight excluding hydrogens is 412 g/mol. The summed E-state index contributed by atoms with van der Waals surface area (Å²) < 4.78 is 1.19. The number of fused-ring (bicyclic) bond motifs is 3. The van der Waals surface area contributed by atoms with Gasteiger partial charge in [-0.1, -0.05) is 52.3 Å². The van der Waals surface area contributed by atoms with Crippen LogP contribution in [0.1, 0.15) is 42.0 Å². The predicted octanol–water partition coefficient (Wildman–Crippen LogP) is 4.62. The van der Waals surface area contributed by atoms with Crippen molar-refractivity contribution in [3.8, 4) is 0 Å². The Balaban J connectivity index is 1.43. The summed E-state index contributed by atoms with van der Waals surface area (Å²) >= 11 is 3.64. The van der Waals surface area contributed by atoms with Gasteiger partial charge in [0.15, 0.2) is 0 Å². The molecule has 3 heterocycles. The highest BCUT2D eigenvalue weighted by Crippen LogP contribution is 2.42. The van der Waals surface area contributed by atoms with E-state index in [1.807, 2.05) is 0 Å². The third-order valence-corrected chi connectivity index (χ3v) is 6.78. The van der Waals surface area contributed by atoms with Crippen LogP contribution in [0.4, 0.5) is 0 Å². The second kappa shape index (κ2) is 7.97. The molecule has 2 saturated heterocycles. The monoisotopic (exact) mass is 438 g/mol. The van der Waals surface area contributed by atoms with Gasteiger partial charge in [0, 0.05) is 36.9 Å². The van der Waals surface area contributed by atoms with Gasteiger partial charge in [0.25, 0.3) is 0 Å². The van der Waals surface area contributed by atoms with Crippen molar-refractivity contribution in [3.05, 3.63) is 69.7 Å². The third-order valence-electron chi connectivity index (χ3n) is 6.28. The van der Waals surface area contributed by atoms with Gasteiger partial charge in [-0.25, -0.2) is 10.0 Å². The highest BCUT2D eigenvalue weighted by Gasteiger charge is 2.42. The molecule has 0 spiro atoms. The second-order valence-corrected chi connectivity index (χ2v) is 9.00. The van der Waals surface area contributed by atoms with Crippen LogP contribution in [0.2, 0.25) is 0 Å². The lowest BCUT2D eigenvalue weighted by Gasteiger charge is -2.38. The van der Waals surface area contributed by atoms with E-state index in [9.17, 15) is 0 Å². The Hall–Kier alpha value is -1.69. The number of hydrogen-bond acceptors (Lipinski definition) is 4. The zero-order valence-corrected chi connectivity index (χ0v) is 17.8. The van der Waals surface area contributed by atoms with Crippen molar-refractivity contribution in [2.24, 2.45) is 5.10 Å².